The maximum absolute atomic E-state index is 12.8. The normalized spacial score (nSPS) is 14.3. The second kappa shape index (κ2) is 11.3. The molecular formula is C28H36N4O2. The summed E-state index contributed by atoms with van der Waals surface area (Å²) in [5.41, 5.74) is 5.11. The number of carbonyl (C=O) groups excluding carboxylic acids is 1. The molecule has 180 valence electrons. The fourth-order valence-electron chi connectivity index (χ4n) is 4.62. The zero-order valence-electron chi connectivity index (χ0n) is 20.6. The molecule has 0 atom stereocenters. The number of nitrogens with zero attached hydrogens (tertiary/aromatic N) is 3. The highest BCUT2D eigenvalue weighted by molar-refractivity contribution is 5.97. The topological polar surface area (TPSA) is 49.7 Å². The average molecular weight is 461 g/mol. The minimum atomic E-state index is 0.00707. The van der Waals surface area contributed by atoms with E-state index >= 15 is 0 Å². The third kappa shape index (κ3) is 5.45. The molecule has 3 aromatic rings. The maximum Gasteiger partial charge on any atom is 0.253 e. The molecule has 1 aliphatic rings. The molecule has 2 heterocycles. The number of aromatic nitrogens is 1. The van der Waals surface area contributed by atoms with Gasteiger partial charge < -0.3 is 19.5 Å². The molecule has 2 aromatic carbocycles. The number of hydrogen-bond donors (Lipinski definition) is 1. The van der Waals surface area contributed by atoms with E-state index in [0.29, 0.717) is 13.2 Å². The molecule has 0 aliphatic carbocycles. The Hall–Kier alpha value is -3.25. The van der Waals surface area contributed by atoms with E-state index in [0.717, 1.165) is 67.4 Å². The second-order valence-electron chi connectivity index (χ2n) is 8.79. The summed E-state index contributed by atoms with van der Waals surface area (Å²) in [5.74, 6) is 0.973. The average Bonchev–Trinajstić information content (AvgIpc) is 3.17. The van der Waals surface area contributed by atoms with Crippen molar-refractivity contribution in [1.29, 1.82) is 0 Å². The van der Waals surface area contributed by atoms with Crippen molar-refractivity contribution in [3.05, 3.63) is 71.9 Å². The standard InChI is InChI=1S/C28H36N4O2/c1-4-34-27-14-9-8-13-25(27)32-19-17-31(18-20-32)16-10-15-29-28(33)24-21-26(30(3)22(24)2)23-11-6-5-7-12-23/h5-9,11-14,21H,4,10,15-20H2,1-3H3,(H,29,33). The van der Waals surface area contributed by atoms with Crippen LogP contribution in [0.5, 0.6) is 5.75 Å². The van der Waals surface area contributed by atoms with Gasteiger partial charge in [-0.15, -0.1) is 0 Å². The number of amides is 1. The lowest BCUT2D eigenvalue weighted by Gasteiger charge is -2.36. The molecule has 1 aliphatic heterocycles. The molecule has 1 aromatic heterocycles. The summed E-state index contributed by atoms with van der Waals surface area (Å²) in [5, 5.41) is 3.12. The fraction of sp³-hybridized carbons (Fsp3) is 0.393. The van der Waals surface area contributed by atoms with Crippen molar-refractivity contribution in [1.82, 2.24) is 14.8 Å². The van der Waals surface area contributed by atoms with Crippen molar-refractivity contribution in [2.24, 2.45) is 7.05 Å². The molecule has 34 heavy (non-hydrogen) atoms. The fourth-order valence-corrected chi connectivity index (χ4v) is 4.62. The van der Waals surface area contributed by atoms with Gasteiger partial charge in [0.05, 0.1) is 17.9 Å². The number of nitrogens with one attached hydrogen (secondary N) is 1. The monoisotopic (exact) mass is 460 g/mol. The first kappa shape index (κ1) is 23.9. The van der Waals surface area contributed by atoms with E-state index in [2.05, 4.69) is 43.9 Å². The highest BCUT2D eigenvalue weighted by atomic mass is 16.5. The molecule has 1 fully saturated rings. The van der Waals surface area contributed by atoms with Crippen LogP contribution < -0.4 is 15.0 Å². The van der Waals surface area contributed by atoms with Crippen LogP contribution in [0.2, 0.25) is 0 Å². The molecule has 4 rings (SSSR count). The predicted molar refractivity (Wildman–Crippen MR) is 139 cm³/mol. The first-order valence-corrected chi connectivity index (χ1v) is 12.3. The van der Waals surface area contributed by atoms with Crippen LogP contribution >= 0.6 is 0 Å². The lowest BCUT2D eigenvalue weighted by molar-refractivity contribution is 0.0951. The number of benzene rings is 2. The van der Waals surface area contributed by atoms with Gasteiger partial charge in [0.1, 0.15) is 5.75 Å². The number of carbonyl (C=O) groups is 1. The number of hydrogen-bond acceptors (Lipinski definition) is 4. The van der Waals surface area contributed by atoms with E-state index in [4.69, 9.17) is 4.74 Å². The Kier molecular flexibility index (Phi) is 7.91. The highest BCUT2D eigenvalue weighted by Crippen LogP contribution is 2.29. The van der Waals surface area contributed by atoms with Gasteiger partial charge >= 0.3 is 0 Å². The van der Waals surface area contributed by atoms with Crippen LogP contribution in [0.1, 0.15) is 29.4 Å². The molecule has 6 nitrogen and oxygen atoms in total. The lowest BCUT2D eigenvalue weighted by atomic mass is 10.1. The first-order valence-electron chi connectivity index (χ1n) is 12.3. The maximum atomic E-state index is 12.8. The summed E-state index contributed by atoms with van der Waals surface area (Å²) in [6.07, 6.45) is 0.943. The number of para-hydroxylation sites is 2. The Bertz CT molecular complexity index is 1090. The van der Waals surface area contributed by atoms with Crippen LogP contribution in [-0.2, 0) is 7.05 Å². The molecule has 0 spiro atoms. The predicted octanol–water partition coefficient (Wildman–Crippen LogP) is 4.34. The van der Waals surface area contributed by atoms with E-state index in [1.165, 1.54) is 5.69 Å². The minimum absolute atomic E-state index is 0.00707. The first-order chi connectivity index (χ1) is 16.6. The van der Waals surface area contributed by atoms with Gasteiger partial charge in [0, 0.05) is 51.2 Å². The molecule has 1 N–H and O–H groups in total. The number of ether oxygens (including phenoxy) is 1. The number of rotatable bonds is 9. The van der Waals surface area contributed by atoms with Crippen molar-refractivity contribution in [2.45, 2.75) is 20.3 Å². The molecule has 6 heteroatoms. The van der Waals surface area contributed by atoms with Gasteiger partial charge in [-0.25, -0.2) is 0 Å². The van der Waals surface area contributed by atoms with Crippen LogP contribution in [-0.4, -0.2) is 61.2 Å². The van der Waals surface area contributed by atoms with Gasteiger partial charge in [0.2, 0.25) is 0 Å². The van der Waals surface area contributed by atoms with Gasteiger partial charge in [0.15, 0.2) is 0 Å². The molecule has 0 radical (unpaired) electrons. The Morgan fingerprint density at radius 1 is 1.00 bits per heavy atom. The summed E-state index contributed by atoms with van der Waals surface area (Å²) in [7, 11) is 2.01. The summed E-state index contributed by atoms with van der Waals surface area (Å²) in [6.45, 7) is 10.4. The summed E-state index contributed by atoms with van der Waals surface area (Å²) < 4.78 is 7.89. The SMILES string of the molecule is CCOc1ccccc1N1CCN(CCCNC(=O)c2cc(-c3ccccc3)n(C)c2C)CC1. The summed E-state index contributed by atoms with van der Waals surface area (Å²) in [4.78, 5) is 17.7. The third-order valence-electron chi connectivity index (χ3n) is 6.66. The van der Waals surface area contributed by atoms with Crippen LogP contribution in [0.25, 0.3) is 11.3 Å². The molecule has 0 bridgehead atoms. The Labute approximate surface area is 203 Å². The van der Waals surface area contributed by atoms with Crippen molar-refractivity contribution < 1.29 is 9.53 Å². The lowest BCUT2D eigenvalue weighted by Crippen LogP contribution is -2.47. The highest BCUT2D eigenvalue weighted by Gasteiger charge is 2.20. The summed E-state index contributed by atoms with van der Waals surface area (Å²) in [6, 6.07) is 20.5. The largest absolute Gasteiger partial charge is 0.492 e. The quantitative estimate of drug-likeness (QED) is 0.483. The van der Waals surface area contributed by atoms with Gasteiger partial charge in [-0.3, -0.25) is 9.69 Å². The van der Waals surface area contributed by atoms with Gasteiger partial charge in [-0.05, 0) is 50.6 Å². The van der Waals surface area contributed by atoms with E-state index in [9.17, 15) is 4.79 Å². The van der Waals surface area contributed by atoms with Crippen LogP contribution in [0, 0.1) is 6.92 Å². The van der Waals surface area contributed by atoms with E-state index < -0.39 is 0 Å². The van der Waals surface area contributed by atoms with Crippen molar-refractivity contribution in [3.63, 3.8) is 0 Å². The Balaban J connectivity index is 1.23. The van der Waals surface area contributed by atoms with Crippen LogP contribution in [0.3, 0.4) is 0 Å². The van der Waals surface area contributed by atoms with Crippen molar-refractivity contribution in [3.8, 4) is 17.0 Å². The van der Waals surface area contributed by atoms with Crippen molar-refractivity contribution in [2.75, 3.05) is 50.8 Å². The van der Waals surface area contributed by atoms with Crippen LogP contribution in [0.15, 0.2) is 60.7 Å². The zero-order valence-corrected chi connectivity index (χ0v) is 20.6. The summed E-state index contributed by atoms with van der Waals surface area (Å²) >= 11 is 0. The van der Waals surface area contributed by atoms with Gasteiger partial charge in [-0.1, -0.05) is 42.5 Å². The Morgan fingerprint density at radius 2 is 1.71 bits per heavy atom. The second-order valence-corrected chi connectivity index (χ2v) is 8.79. The Morgan fingerprint density at radius 3 is 2.44 bits per heavy atom. The third-order valence-corrected chi connectivity index (χ3v) is 6.66. The van der Waals surface area contributed by atoms with Crippen molar-refractivity contribution >= 4 is 11.6 Å². The van der Waals surface area contributed by atoms with Gasteiger partial charge in [-0.2, -0.15) is 0 Å². The molecule has 0 unspecified atom stereocenters. The van der Waals surface area contributed by atoms with Gasteiger partial charge in [0.25, 0.3) is 5.91 Å². The molecule has 1 saturated heterocycles. The zero-order chi connectivity index (χ0) is 23.9. The van der Waals surface area contributed by atoms with E-state index in [1.807, 2.05) is 57.3 Å². The number of piperazine rings is 1. The minimum Gasteiger partial charge on any atom is -0.492 e. The number of anilines is 1. The van der Waals surface area contributed by atoms with E-state index in [1.54, 1.807) is 0 Å². The smallest absolute Gasteiger partial charge is 0.253 e. The van der Waals surface area contributed by atoms with Crippen LogP contribution in [0.4, 0.5) is 5.69 Å². The molecule has 1 amide bonds. The molecule has 0 saturated carbocycles. The van der Waals surface area contributed by atoms with E-state index in [-0.39, 0.29) is 5.91 Å². The molecular weight excluding hydrogens is 424 g/mol.